The molecule has 1 aliphatic rings. The molecule has 2 heterocycles. The first-order valence-corrected chi connectivity index (χ1v) is 5.55. The lowest BCUT2D eigenvalue weighted by Crippen LogP contribution is -2.13. The lowest BCUT2D eigenvalue weighted by atomic mass is 10.0. The summed E-state index contributed by atoms with van der Waals surface area (Å²) in [4.78, 5) is 12.0. The van der Waals surface area contributed by atoms with Crippen LogP contribution in [0.1, 0.15) is 17.0 Å². The third-order valence-corrected chi connectivity index (χ3v) is 3.02. The summed E-state index contributed by atoms with van der Waals surface area (Å²) in [7, 11) is 0. The predicted molar refractivity (Wildman–Crippen MR) is 59.4 cm³/mol. The molecule has 4 heteroatoms. The second kappa shape index (κ2) is 3.96. The average Bonchev–Trinajstić information content (AvgIpc) is 2.96. The highest BCUT2D eigenvalue weighted by Gasteiger charge is 2.27. The topological polar surface area (TPSA) is 39.4 Å². The molecule has 1 atom stereocenters. The van der Waals surface area contributed by atoms with Crippen LogP contribution < -0.4 is 0 Å². The maximum Gasteiger partial charge on any atom is 0.203 e. The van der Waals surface area contributed by atoms with E-state index >= 15 is 0 Å². The van der Waals surface area contributed by atoms with Crippen molar-refractivity contribution in [3.05, 3.63) is 35.8 Å². The standard InChI is InChI=1S/C13H11FO3/c14-10-1-2-11-9(5-10)6-12(17-11)13(15)8-3-4-16-7-8/h1-2,5-6,8H,3-4,7H2. The van der Waals surface area contributed by atoms with Gasteiger partial charge in [0.1, 0.15) is 11.4 Å². The summed E-state index contributed by atoms with van der Waals surface area (Å²) >= 11 is 0. The fourth-order valence-corrected chi connectivity index (χ4v) is 2.08. The first-order valence-electron chi connectivity index (χ1n) is 5.55. The molecule has 1 fully saturated rings. The molecule has 1 aromatic heterocycles. The highest BCUT2D eigenvalue weighted by Crippen LogP contribution is 2.24. The summed E-state index contributed by atoms with van der Waals surface area (Å²) < 4.78 is 23.6. The van der Waals surface area contributed by atoms with Gasteiger partial charge in [-0.25, -0.2) is 4.39 Å². The monoisotopic (exact) mass is 234 g/mol. The second-order valence-corrected chi connectivity index (χ2v) is 4.22. The highest BCUT2D eigenvalue weighted by atomic mass is 19.1. The van der Waals surface area contributed by atoms with Crippen molar-refractivity contribution in [2.45, 2.75) is 6.42 Å². The van der Waals surface area contributed by atoms with E-state index in [0.29, 0.717) is 29.9 Å². The fourth-order valence-electron chi connectivity index (χ4n) is 2.08. The van der Waals surface area contributed by atoms with Crippen LogP contribution in [0.2, 0.25) is 0 Å². The molecule has 3 rings (SSSR count). The third kappa shape index (κ3) is 1.85. The Morgan fingerprint density at radius 1 is 1.35 bits per heavy atom. The number of furan rings is 1. The smallest absolute Gasteiger partial charge is 0.203 e. The van der Waals surface area contributed by atoms with Gasteiger partial charge in [-0.2, -0.15) is 0 Å². The molecule has 0 N–H and O–H groups in total. The number of ether oxygens (including phenoxy) is 1. The number of rotatable bonds is 2. The number of hydrogen-bond acceptors (Lipinski definition) is 3. The van der Waals surface area contributed by atoms with Crippen LogP contribution in [0.15, 0.2) is 28.7 Å². The number of hydrogen-bond donors (Lipinski definition) is 0. The fraction of sp³-hybridized carbons (Fsp3) is 0.308. The van der Waals surface area contributed by atoms with E-state index in [0.717, 1.165) is 6.42 Å². The molecule has 0 saturated carbocycles. The van der Waals surface area contributed by atoms with Gasteiger partial charge in [-0.1, -0.05) is 0 Å². The highest BCUT2D eigenvalue weighted by molar-refractivity contribution is 5.99. The molecule has 1 aliphatic heterocycles. The number of benzene rings is 1. The Kier molecular flexibility index (Phi) is 2.44. The Balaban J connectivity index is 1.97. The molecule has 88 valence electrons. The summed E-state index contributed by atoms with van der Waals surface area (Å²) in [6, 6.07) is 5.81. The lowest BCUT2D eigenvalue weighted by Gasteiger charge is -2.01. The number of fused-ring (bicyclic) bond motifs is 1. The van der Waals surface area contributed by atoms with E-state index in [1.807, 2.05) is 0 Å². The van der Waals surface area contributed by atoms with E-state index in [1.54, 1.807) is 6.07 Å². The summed E-state index contributed by atoms with van der Waals surface area (Å²) in [5.41, 5.74) is 0.536. The van der Waals surface area contributed by atoms with Gasteiger partial charge in [0.15, 0.2) is 5.76 Å². The minimum absolute atomic E-state index is 0.0564. The van der Waals surface area contributed by atoms with Gasteiger partial charge in [-0.3, -0.25) is 4.79 Å². The maximum atomic E-state index is 13.0. The molecule has 1 unspecified atom stereocenters. The van der Waals surface area contributed by atoms with Crippen LogP contribution in [0.25, 0.3) is 11.0 Å². The van der Waals surface area contributed by atoms with Gasteiger partial charge < -0.3 is 9.15 Å². The van der Waals surface area contributed by atoms with E-state index in [4.69, 9.17) is 9.15 Å². The third-order valence-electron chi connectivity index (χ3n) is 3.02. The van der Waals surface area contributed by atoms with Crippen molar-refractivity contribution in [1.82, 2.24) is 0 Å². The average molecular weight is 234 g/mol. The first-order chi connectivity index (χ1) is 8.24. The zero-order valence-electron chi connectivity index (χ0n) is 9.11. The van der Waals surface area contributed by atoms with Crippen molar-refractivity contribution in [3.8, 4) is 0 Å². The van der Waals surface area contributed by atoms with Crippen molar-refractivity contribution in [3.63, 3.8) is 0 Å². The Bertz CT molecular complexity index is 567. The summed E-state index contributed by atoms with van der Waals surface area (Å²) in [5, 5.41) is 0.618. The van der Waals surface area contributed by atoms with Crippen LogP contribution in [0.3, 0.4) is 0 Å². The molecule has 3 nitrogen and oxygen atoms in total. The molecule has 17 heavy (non-hydrogen) atoms. The summed E-state index contributed by atoms with van der Waals surface area (Å²) in [5.74, 6) is -0.220. The van der Waals surface area contributed by atoms with E-state index in [9.17, 15) is 9.18 Å². The van der Waals surface area contributed by atoms with Crippen LogP contribution in [0.4, 0.5) is 4.39 Å². The molecule has 1 aromatic carbocycles. The Hall–Kier alpha value is -1.68. The van der Waals surface area contributed by atoms with Crippen LogP contribution >= 0.6 is 0 Å². The van der Waals surface area contributed by atoms with Crippen LogP contribution in [-0.4, -0.2) is 19.0 Å². The van der Waals surface area contributed by atoms with Gasteiger partial charge >= 0.3 is 0 Å². The number of Topliss-reactive ketones (excluding diaryl/α,β-unsaturated/α-hetero) is 1. The summed E-state index contributed by atoms with van der Waals surface area (Å²) in [6.45, 7) is 1.06. The Morgan fingerprint density at radius 2 is 2.24 bits per heavy atom. The zero-order valence-corrected chi connectivity index (χ0v) is 9.11. The minimum Gasteiger partial charge on any atom is -0.453 e. The van der Waals surface area contributed by atoms with Crippen molar-refractivity contribution >= 4 is 16.8 Å². The molecular weight excluding hydrogens is 223 g/mol. The molecule has 0 spiro atoms. The van der Waals surface area contributed by atoms with E-state index in [1.165, 1.54) is 18.2 Å². The van der Waals surface area contributed by atoms with E-state index in [-0.39, 0.29) is 17.5 Å². The van der Waals surface area contributed by atoms with Gasteiger partial charge in [-0.15, -0.1) is 0 Å². The zero-order chi connectivity index (χ0) is 11.8. The minimum atomic E-state index is -0.332. The molecule has 0 radical (unpaired) electrons. The SMILES string of the molecule is O=C(c1cc2cc(F)ccc2o1)C1CCOC1. The van der Waals surface area contributed by atoms with Crippen LogP contribution in [0, 0.1) is 11.7 Å². The van der Waals surface area contributed by atoms with Crippen LogP contribution in [0.5, 0.6) is 0 Å². The molecule has 0 amide bonds. The van der Waals surface area contributed by atoms with Crippen molar-refractivity contribution in [1.29, 1.82) is 0 Å². The van der Waals surface area contributed by atoms with Crippen molar-refractivity contribution in [2.24, 2.45) is 5.92 Å². The Morgan fingerprint density at radius 3 is 3.00 bits per heavy atom. The number of carbonyl (C=O) groups is 1. The van der Waals surface area contributed by atoms with Crippen LogP contribution in [-0.2, 0) is 4.74 Å². The number of ketones is 1. The normalized spacial score (nSPS) is 19.9. The molecule has 2 aromatic rings. The molecular formula is C13H11FO3. The molecule has 0 bridgehead atoms. The Labute approximate surface area is 97.2 Å². The van der Waals surface area contributed by atoms with Gasteiger partial charge in [0.2, 0.25) is 5.78 Å². The van der Waals surface area contributed by atoms with Gasteiger partial charge in [0.05, 0.1) is 12.5 Å². The molecule has 1 saturated heterocycles. The summed E-state index contributed by atoms with van der Waals surface area (Å²) in [6.07, 6.45) is 0.726. The lowest BCUT2D eigenvalue weighted by molar-refractivity contribution is 0.0874. The number of halogens is 1. The van der Waals surface area contributed by atoms with E-state index < -0.39 is 0 Å². The largest absolute Gasteiger partial charge is 0.453 e. The second-order valence-electron chi connectivity index (χ2n) is 4.22. The van der Waals surface area contributed by atoms with E-state index in [2.05, 4.69) is 0 Å². The quantitative estimate of drug-likeness (QED) is 0.750. The van der Waals surface area contributed by atoms with Crippen molar-refractivity contribution < 1.29 is 18.3 Å². The number of carbonyl (C=O) groups excluding carboxylic acids is 1. The molecule has 0 aliphatic carbocycles. The van der Waals surface area contributed by atoms with Crippen molar-refractivity contribution in [2.75, 3.05) is 13.2 Å². The van der Waals surface area contributed by atoms with Gasteiger partial charge in [0.25, 0.3) is 0 Å². The van der Waals surface area contributed by atoms with Gasteiger partial charge in [0, 0.05) is 12.0 Å². The predicted octanol–water partition coefficient (Wildman–Crippen LogP) is 2.79. The maximum absolute atomic E-state index is 13.0. The first kappa shape index (κ1) is 10.5. The van der Waals surface area contributed by atoms with Gasteiger partial charge in [-0.05, 0) is 30.7 Å².